The number of hydrogen-bond acceptors (Lipinski definition) is 2. The minimum atomic E-state index is -0.950. The smallest absolute Gasteiger partial charge is 0.314 e. The molecule has 0 bridgehead atoms. The van der Waals surface area contributed by atoms with Crippen molar-refractivity contribution in [2.75, 3.05) is 10.6 Å². The highest BCUT2D eigenvalue weighted by Gasteiger charge is 2.16. The normalized spacial score (nSPS) is 10.0. The standard InChI is InChI=1S/C15H12ClFN2O2/c1-9-8-10(16)6-7-12(9)18-14(20)15(21)19-13-5-3-2-4-11(13)17/h2-8H,1H3,(H,18,20)(H,19,21). The van der Waals surface area contributed by atoms with Crippen molar-refractivity contribution in [3.05, 3.63) is 58.9 Å². The van der Waals surface area contributed by atoms with Crippen molar-refractivity contribution in [1.29, 1.82) is 0 Å². The average Bonchev–Trinajstić information content (AvgIpc) is 2.44. The van der Waals surface area contributed by atoms with E-state index in [9.17, 15) is 14.0 Å². The Balaban J connectivity index is 2.06. The summed E-state index contributed by atoms with van der Waals surface area (Å²) in [5, 5.41) is 5.18. The van der Waals surface area contributed by atoms with Gasteiger partial charge >= 0.3 is 11.8 Å². The van der Waals surface area contributed by atoms with Gasteiger partial charge in [-0.2, -0.15) is 0 Å². The van der Waals surface area contributed by atoms with Crippen LogP contribution in [-0.4, -0.2) is 11.8 Å². The lowest BCUT2D eigenvalue weighted by Gasteiger charge is -2.09. The molecule has 0 atom stereocenters. The third kappa shape index (κ3) is 3.79. The van der Waals surface area contributed by atoms with Gasteiger partial charge < -0.3 is 10.6 Å². The molecule has 2 N–H and O–H groups in total. The molecule has 21 heavy (non-hydrogen) atoms. The number of amides is 2. The van der Waals surface area contributed by atoms with Crippen molar-refractivity contribution in [2.24, 2.45) is 0 Å². The summed E-state index contributed by atoms with van der Waals surface area (Å²) in [7, 11) is 0. The van der Waals surface area contributed by atoms with Crippen molar-refractivity contribution < 1.29 is 14.0 Å². The Kier molecular flexibility index (Phi) is 4.55. The Labute approximate surface area is 125 Å². The van der Waals surface area contributed by atoms with Crippen molar-refractivity contribution in [3.63, 3.8) is 0 Å². The van der Waals surface area contributed by atoms with Gasteiger partial charge in [0.25, 0.3) is 0 Å². The molecule has 2 aromatic rings. The van der Waals surface area contributed by atoms with Gasteiger partial charge in [0.2, 0.25) is 0 Å². The second-order valence-electron chi connectivity index (χ2n) is 4.35. The number of carbonyl (C=O) groups excluding carboxylic acids is 2. The number of anilines is 2. The first-order chi connectivity index (χ1) is 9.97. The van der Waals surface area contributed by atoms with Gasteiger partial charge in [0, 0.05) is 10.7 Å². The fourth-order valence-electron chi connectivity index (χ4n) is 1.69. The fraction of sp³-hybridized carbons (Fsp3) is 0.0667. The molecule has 0 saturated heterocycles. The zero-order valence-electron chi connectivity index (χ0n) is 11.1. The van der Waals surface area contributed by atoms with E-state index < -0.39 is 17.6 Å². The molecule has 0 saturated carbocycles. The van der Waals surface area contributed by atoms with E-state index in [0.29, 0.717) is 10.7 Å². The number of halogens is 2. The summed E-state index contributed by atoms with van der Waals surface area (Å²) in [6, 6.07) is 10.4. The summed E-state index contributed by atoms with van der Waals surface area (Å²) in [4.78, 5) is 23.5. The quantitative estimate of drug-likeness (QED) is 0.836. The summed E-state index contributed by atoms with van der Waals surface area (Å²) < 4.78 is 13.4. The van der Waals surface area contributed by atoms with Crippen molar-refractivity contribution in [1.82, 2.24) is 0 Å². The highest BCUT2D eigenvalue weighted by atomic mass is 35.5. The molecule has 2 rings (SSSR count). The number of para-hydroxylation sites is 1. The van der Waals surface area contributed by atoms with E-state index in [-0.39, 0.29) is 5.69 Å². The maximum atomic E-state index is 13.4. The monoisotopic (exact) mass is 306 g/mol. The number of rotatable bonds is 2. The van der Waals surface area contributed by atoms with Crippen LogP contribution in [0.3, 0.4) is 0 Å². The fourth-order valence-corrected chi connectivity index (χ4v) is 1.91. The van der Waals surface area contributed by atoms with Gasteiger partial charge in [0.15, 0.2) is 0 Å². The molecule has 0 aliphatic carbocycles. The van der Waals surface area contributed by atoms with Crippen LogP contribution in [0.2, 0.25) is 5.02 Å². The lowest BCUT2D eigenvalue weighted by Crippen LogP contribution is -2.29. The predicted molar refractivity (Wildman–Crippen MR) is 79.8 cm³/mol. The van der Waals surface area contributed by atoms with E-state index in [1.807, 2.05) is 0 Å². The first-order valence-electron chi connectivity index (χ1n) is 6.10. The summed E-state index contributed by atoms with van der Waals surface area (Å²) in [6.45, 7) is 1.75. The van der Waals surface area contributed by atoms with Gasteiger partial charge in [-0.25, -0.2) is 4.39 Å². The molecular formula is C15H12ClFN2O2. The van der Waals surface area contributed by atoms with Gasteiger partial charge in [0.1, 0.15) is 5.82 Å². The maximum absolute atomic E-state index is 13.4. The number of carbonyl (C=O) groups is 2. The predicted octanol–water partition coefficient (Wildman–Crippen LogP) is 3.36. The van der Waals surface area contributed by atoms with Crippen molar-refractivity contribution in [2.45, 2.75) is 6.92 Å². The molecule has 0 spiro atoms. The SMILES string of the molecule is Cc1cc(Cl)ccc1NC(=O)C(=O)Nc1ccccc1F. The largest absolute Gasteiger partial charge is 0.318 e. The summed E-state index contributed by atoms with van der Waals surface area (Å²) in [5.41, 5.74) is 1.13. The molecule has 6 heteroatoms. The van der Waals surface area contributed by atoms with E-state index in [1.165, 1.54) is 18.2 Å². The molecule has 108 valence electrons. The summed E-state index contributed by atoms with van der Waals surface area (Å²) in [5.74, 6) is -2.44. The third-order valence-electron chi connectivity index (χ3n) is 2.76. The van der Waals surface area contributed by atoms with E-state index in [4.69, 9.17) is 11.6 Å². The molecule has 0 unspecified atom stereocenters. The topological polar surface area (TPSA) is 58.2 Å². The summed E-state index contributed by atoms with van der Waals surface area (Å²) >= 11 is 5.81. The number of hydrogen-bond donors (Lipinski definition) is 2. The van der Waals surface area contributed by atoms with Crippen LogP contribution in [0.4, 0.5) is 15.8 Å². The zero-order valence-corrected chi connectivity index (χ0v) is 11.9. The molecule has 0 fully saturated rings. The van der Waals surface area contributed by atoms with Crippen molar-refractivity contribution in [3.8, 4) is 0 Å². The minimum Gasteiger partial charge on any atom is -0.318 e. The number of nitrogens with one attached hydrogen (secondary N) is 2. The van der Waals surface area contributed by atoms with E-state index in [2.05, 4.69) is 10.6 Å². The Morgan fingerprint density at radius 1 is 1.00 bits per heavy atom. The Bertz CT molecular complexity index is 704. The third-order valence-corrected chi connectivity index (χ3v) is 3.00. The van der Waals surface area contributed by atoms with Gasteiger partial charge in [-0.1, -0.05) is 23.7 Å². The lowest BCUT2D eigenvalue weighted by molar-refractivity contribution is -0.133. The Hall–Kier alpha value is -2.40. The molecule has 0 heterocycles. The molecule has 2 amide bonds. The van der Waals surface area contributed by atoms with Crippen LogP contribution >= 0.6 is 11.6 Å². The molecule has 2 aromatic carbocycles. The average molecular weight is 307 g/mol. The maximum Gasteiger partial charge on any atom is 0.314 e. The molecule has 4 nitrogen and oxygen atoms in total. The first-order valence-corrected chi connectivity index (χ1v) is 6.48. The Morgan fingerprint density at radius 3 is 2.24 bits per heavy atom. The molecule has 0 radical (unpaired) electrons. The van der Waals surface area contributed by atoms with Crippen LogP contribution in [0.15, 0.2) is 42.5 Å². The van der Waals surface area contributed by atoms with E-state index in [1.54, 1.807) is 31.2 Å². The minimum absolute atomic E-state index is 0.0505. The highest BCUT2D eigenvalue weighted by molar-refractivity contribution is 6.43. The van der Waals surface area contributed by atoms with E-state index in [0.717, 1.165) is 5.56 Å². The van der Waals surface area contributed by atoms with Crippen molar-refractivity contribution >= 4 is 34.8 Å². The van der Waals surface area contributed by atoms with Gasteiger partial charge in [0.05, 0.1) is 5.69 Å². The lowest BCUT2D eigenvalue weighted by atomic mass is 10.2. The second kappa shape index (κ2) is 6.37. The zero-order chi connectivity index (χ0) is 15.4. The number of aryl methyl sites for hydroxylation is 1. The molecule has 0 aliphatic heterocycles. The number of benzene rings is 2. The molecule has 0 aromatic heterocycles. The van der Waals surface area contributed by atoms with Crippen LogP contribution in [0.1, 0.15) is 5.56 Å². The van der Waals surface area contributed by atoms with Gasteiger partial charge in [-0.05, 0) is 42.8 Å². The highest BCUT2D eigenvalue weighted by Crippen LogP contribution is 2.19. The molecule has 0 aliphatic rings. The van der Waals surface area contributed by atoms with Gasteiger partial charge in [-0.3, -0.25) is 9.59 Å². The van der Waals surface area contributed by atoms with Crippen LogP contribution in [-0.2, 0) is 9.59 Å². The Morgan fingerprint density at radius 2 is 1.62 bits per heavy atom. The first kappa shape index (κ1) is 15.0. The van der Waals surface area contributed by atoms with Crippen LogP contribution in [0, 0.1) is 12.7 Å². The summed E-state index contributed by atoms with van der Waals surface area (Å²) in [6.07, 6.45) is 0. The van der Waals surface area contributed by atoms with Crippen LogP contribution in [0.25, 0.3) is 0 Å². The van der Waals surface area contributed by atoms with E-state index >= 15 is 0 Å². The van der Waals surface area contributed by atoms with Gasteiger partial charge in [-0.15, -0.1) is 0 Å². The molecular weight excluding hydrogens is 295 g/mol. The van der Waals surface area contributed by atoms with Crippen LogP contribution in [0.5, 0.6) is 0 Å². The van der Waals surface area contributed by atoms with Crippen LogP contribution < -0.4 is 10.6 Å². The second-order valence-corrected chi connectivity index (χ2v) is 4.78.